The van der Waals surface area contributed by atoms with Crippen molar-refractivity contribution in [1.82, 2.24) is 9.80 Å². The van der Waals surface area contributed by atoms with E-state index in [1.807, 2.05) is 29.7 Å². The summed E-state index contributed by atoms with van der Waals surface area (Å²) in [6, 6.07) is 7.09. The maximum absolute atomic E-state index is 12.7. The van der Waals surface area contributed by atoms with Crippen LogP contribution in [0.15, 0.2) is 24.3 Å². The molecule has 1 atom stereocenters. The lowest BCUT2D eigenvalue weighted by molar-refractivity contribution is -0.136. The molecular weight excluding hydrogens is 362 g/mol. The van der Waals surface area contributed by atoms with Crippen LogP contribution in [0.3, 0.4) is 0 Å². The number of amides is 1. The van der Waals surface area contributed by atoms with Crippen molar-refractivity contribution < 1.29 is 14.3 Å². The molecule has 0 aliphatic carbocycles. The molecule has 1 amide bonds. The van der Waals surface area contributed by atoms with Crippen molar-refractivity contribution in [2.24, 2.45) is 5.92 Å². The van der Waals surface area contributed by atoms with Crippen LogP contribution in [0.25, 0.3) is 0 Å². The van der Waals surface area contributed by atoms with Crippen LogP contribution < -0.4 is 5.32 Å². The Labute approximate surface area is 166 Å². The number of nitrogens with zero attached hydrogens (tertiary/aromatic N) is 2. The Balaban J connectivity index is 2.00. The van der Waals surface area contributed by atoms with Crippen molar-refractivity contribution in [3.05, 3.63) is 29.8 Å². The molecule has 0 spiro atoms. The zero-order valence-corrected chi connectivity index (χ0v) is 17.2. The van der Waals surface area contributed by atoms with Crippen LogP contribution in [0.2, 0.25) is 0 Å². The summed E-state index contributed by atoms with van der Waals surface area (Å²) in [6.07, 6.45) is 1.83. The number of piperidine rings is 1. The second-order valence-corrected chi connectivity index (χ2v) is 6.91. The molecule has 6 nitrogen and oxygen atoms in total. The third-order valence-electron chi connectivity index (χ3n) is 4.76. The first-order chi connectivity index (χ1) is 13.0. The van der Waals surface area contributed by atoms with E-state index in [9.17, 15) is 9.59 Å². The van der Waals surface area contributed by atoms with E-state index in [-0.39, 0.29) is 17.8 Å². The van der Waals surface area contributed by atoms with Gasteiger partial charge in [-0.25, -0.2) is 4.79 Å². The fraction of sp³-hybridized carbons (Fsp3) is 0.550. The lowest BCUT2D eigenvalue weighted by atomic mass is 9.96. The minimum atomic E-state index is -0.352. The number of hydrogen-bond acceptors (Lipinski definition) is 4. The minimum absolute atomic E-state index is 0.0238. The molecular formula is C20H29N3O3S. The third kappa shape index (κ3) is 5.66. The Kier molecular flexibility index (Phi) is 8.03. The van der Waals surface area contributed by atoms with Crippen molar-refractivity contribution in [1.29, 1.82) is 0 Å². The van der Waals surface area contributed by atoms with E-state index in [2.05, 4.69) is 5.32 Å². The highest BCUT2D eigenvalue weighted by molar-refractivity contribution is 7.80. The first kappa shape index (κ1) is 21.2. The molecule has 27 heavy (non-hydrogen) atoms. The molecule has 1 aromatic rings. The van der Waals surface area contributed by atoms with Crippen LogP contribution in [0.5, 0.6) is 0 Å². The predicted octanol–water partition coefficient (Wildman–Crippen LogP) is 3.14. The van der Waals surface area contributed by atoms with Crippen LogP contribution in [0, 0.1) is 5.92 Å². The molecule has 1 N–H and O–H groups in total. The largest absolute Gasteiger partial charge is 0.462 e. The zero-order chi connectivity index (χ0) is 19.8. The number of hydrogen-bond donors (Lipinski definition) is 1. The average Bonchev–Trinajstić information content (AvgIpc) is 2.69. The number of benzene rings is 1. The van der Waals surface area contributed by atoms with Gasteiger partial charge in [-0.15, -0.1) is 0 Å². The molecule has 2 rings (SSSR count). The number of ether oxygens (including phenoxy) is 1. The predicted molar refractivity (Wildman–Crippen MR) is 111 cm³/mol. The number of carbonyl (C=O) groups is 2. The smallest absolute Gasteiger partial charge is 0.338 e. The van der Waals surface area contributed by atoms with Gasteiger partial charge in [0.2, 0.25) is 5.91 Å². The normalized spacial score (nSPS) is 16.6. The summed E-state index contributed by atoms with van der Waals surface area (Å²) in [6.45, 7) is 9.04. The summed E-state index contributed by atoms with van der Waals surface area (Å²) >= 11 is 5.55. The van der Waals surface area contributed by atoms with Gasteiger partial charge in [0, 0.05) is 31.9 Å². The molecule has 1 fully saturated rings. The van der Waals surface area contributed by atoms with Crippen LogP contribution in [-0.2, 0) is 9.53 Å². The van der Waals surface area contributed by atoms with E-state index in [0.717, 1.165) is 38.2 Å². The standard InChI is InChI=1S/C20H29N3O3S/c1-4-22(5-2)18(24)16-10-8-12-23(14-16)20(27)21-17-11-7-9-15(13-17)19(25)26-6-3/h7,9,11,13,16H,4-6,8,10,12,14H2,1-3H3,(H,21,27). The molecule has 1 aliphatic rings. The first-order valence-electron chi connectivity index (χ1n) is 9.62. The van der Waals surface area contributed by atoms with Gasteiger partial charge in [-0.3, -0.25) is 4.79 Å². The molecule has 0 saturated carbocycles. The van der Waals surface area contributed by atoms with Crippen molar-refractivity contribution in [2.75, 3.05) is 38.1 Å². The van der Waals surface area contributed by atoms with Crippen molar-refractivity contribution in [3.8, 4) is 0 Å². The van der Waals surface area contributed by atoms with Crippen LogP contribution in [0.4, 0.5) is 5.69 Å². The number of esters is 1. The summed E-state index contributed by atoms with van der Waals surface area (Å²) in [5, 5.41) is 3.77. The first-order valence-corrected chi connectivity index (χ1v) is 10.0. The van der Waals surface area contributed by atoms with Gasteiger partial charge in [0.15, 0.2) is 5.11 Å². The van der Waals surface area contributed by atoms with Gasteiger partial charge in [-0.2, -0.15) is 0 Å². The van der Waals surface area contributed by atoms with Gasteiger partial charge in [0.1, 0.15) is 0 Å². The third-order valence-corrected chi connectivity index (χ3v) is 5.12. The van der Waals surface area contributed by atoms with Crippen molar-refractivity contribution in [2.45, 2.75) is 33.6 Å². The second kappa shape index (κ2) is 10.3. The fourth-order valence-electron chi connectivity index (χ4n) is 3.30. The summed E-state index contributed by atoms with van der Waals surface area (Å²) in [5.74, 6) is -0.170. The molecule has 7 heteroatoms. The number of rotatable bonds is 6. The van der Waals surface area contributed by atoms with Crippen LogP contribution in [-0.4, -0.2) is 59.6 Å². The van der Waals surface area contributed by atoms with Gasteiger partial charge in [-0.05, 0) is 64.0 Å². The number of thiocarbonyl (C=S) groups is 1. The lowest BCUT2D eigenvalue weighted by Crippen LogP contribution is -2.47. The number of carbonyl (C=O) groups excluding carboxylic acids is 2. The molecule has 1 aromatic carbocycles. The summed E-state index contributed by atoms with van der Waals surface area (Å²) in [4.78, 5) is 28.5. The van der Waals surface area contributed by atoms with E-state index >= 15 is 0 Å². The van der Waals surface area contributed by atoms with Crippen molar-refractivity contribution >= 4 is 34.9 Å². The average molecular weight is 392 g/mol. The SMILES string of the molecule is CCOC(=O)c1cccc(NC(=S)N2CCCC(C(=O)N(CC)CC)C2)c1. The Morgan fingerprint density at radius 1 is 1.30 bits per heavy atom. The molecule has 1 unspecified atom stereocenters. The van der Waals surface area contributed by atoms with Gasteiger partial charge in [-0.1, -0.05) is 6.07 Å². The minimum Gasteiger partial charge on any atom is -0.462 e. The Morgan fingerprint density at radius 2 is 2.04 bits per heavy atom. The second-order valence-electron chi connectivity index (χ2n) is 6.53. The van der Waals surface area contributed by atoms with E-state index in [4.69, 9.17) is 17.0 Å². The highest BCUT2D eigenvalue weighted by Gasteiger charge is 2.29. The van der Waals surface area contributed by atoms with Gasteiger partial charge < -0.3 is 19.9 Å². The Hall–Kier alpha value is -2.15. The number of nitrogens with one attached hydrogen (secondary N) is 1. The van der Waals surface area contributed by atoms with Gasteiger partial charge >= 0.3 is 5.97 Å². The maximum atomic E-state index is 12.7. The van der Waals surface area contributed by atoms with E-state index in [0.29, 0.717) is 23.8 Å². The molecule has 0 bridgehead atoms. The molecule has 148 valence electrons. The summed E-state index contributed by atoms with van der Waals surface area (Å²) in [7, 11) is 0. The highest BCUT2D eigenvalue weighted by Crippen LogP contribution is 2.20. The highest BCUT2D eigenvalue weighted by atomic mass is 32.1. The number of anilines is 1. The topological polar surface area (TPSA) is 61.9 Å². The Morgan fingerprint density at radius 3 is 2.70 bits per heavy atom. The molecule has 0 radical (unpaired) electrons. The van der Waals surface area contributed by atoms with E-state index in [1.54, 1.807) is 25.1 Å². The summed E-state index contributed by atoms with van der Waals surface area (Å²) < 4.78 is 5.04. The summed E-state index contributed by atoms with van der Waals surface area (Å²) in [5.41, 5.74) is 1.22. The fourth-order valence-corrected chi connectivity index (χ4v) is 3.58. The quantitative estimate of drug-likeness (QED) is 0.594. The van der Waals surface area contributed by atoms with Gasteiger partial charge in [0.05, 0.1) is 18.1 Å². The lowest BCUT2D eigenvalue weighted by Gasteiger charge is -2.36. The maximum Gasteiger partial charge on any atom is 0.338 e. The number of likely N-dealkylation sites (tertiary alicyclic amines) is 1. The van der Waals surface area contributed by atoms with Crippen molar-refractivity contribution in [3.63, 3.8) is 0 Å². The van der Waals surface area contributed by atoms with E-state index in [1.165, 1.54) is 0 Å². The van der Waals surface area contributed by atoms with Gasteiger partial charge in [0.25, 0.3) is 0 Å². The van der Waals surface area contributed by atoms with Crippen LogP contribution in [0.1, 0.15) is 44.0 Å². The van der Waals surface area contributed by atoms with E-state index < -0.39 is 0 Å². The van der Waals surface area contributed by atoms with Crippen LogP contribution >= 0.6 is 12.2 Å². The Bertz CT molecular complexity index is 676. The molecule has 1 heterocycles. The molecule has 0 aromatic heterocycles. The molecule has 1 saturated heterocycles. The zero-order valence-electron chi connectivity index (χ0n) is 16.4. The molecule has 1 aliphatic heterocycles. The monoisotopic (exact) mass is 391 g/mol.